The predicted octanol–water partition coefficient (Wildman–Crippen LogP) is 2.35. The van der Waals surface area contributed by atoms with E-state index in [9.17, 15) is 9.59 Å². The molecule has 1 aliphatic heterocycles. The second-order valence-electron chi connectivity index (χ2n) is 4.62. The van der Waals surface area contributed by atoms with Gasteiger partial charge in [0.2, 0.25) is 12.0 Å². The van der Waals surface area contributed by atoms with Gasteiger partial charge < -0.3 is 14.2 Å². The van der Waals surface area contributed by atoms with Crippen molar-refractivity contribution in [2.24, 2.45) is 0 Å². The van der Waals surface area contributed by atoms with Gasteiger partial charge in [-0.05, 0) is 24.3 Å². The van der Waals surface area contributed by atoms with Crippen LogP contribution in [0, 0.1) is 0 Å². The second-order valence-corrected chi connectivity index (χ2v) is 4.62. The lowest BCUT2D eigenvalue weighted by Gasteiger charge is -2.11. The molecule has 0 N–H and O–H groups in total. The number of rotatable bonds is 4. The summed E-state index contributed by atoms with van der Waals surface area (Å²) in [6.45, 7) is 0.261. The van der Waals surface area contributed by atoms with Crippen LogP contribution in [0.5, 0.6) is 11.6 Å². The van der Waals surface area contributed by atoms with E-state index in [2.05, 4.69) is 4.98 Å². The van der Waals surface area contributed by atoms with Crippen molar-refractivity contribution < 1.29 is 23.8 Å². The van der Waals surface area contributed by atoms with Crippen LogP contribution >= 0.6 is 0 Å². The van der Waals surface area contributed by atoms with E-state index in [1.54, 1.807) is 18.2 Å². The number of pyridine rings is 1. The van der Waals surface area contributed by atoms with Crippen LogP contribution in [0.25, 0.3) is 0 Å². The normalized spacial score (nSPS) is 16.9. The van der Waals surface area contributed by atoms with Crippen LogP contribution in [0.15, 0.2) is 48.7 Å². The molecule has 1 fully saturated rings. The topological polar surface area (TPSA) is 74.7 Å². The Morgan fingerprint density at radius 1 is 1.18 bits per heavy atom. The average Bonchev–Trinajstić information content (AvgIpc) is 2.94. The summed E-state index contributed by atoms with van der Waals surface area (Å²) in [6.07, 6.45) is 1.01. The van der Waals surface area contributed by atoms with E-state index in [0.29, 0.717) is 12.2 Å². The zero-order valence-electron chi connectivity index (χ0n) is 11.6. The van der Waals surface area contributed by atoms with Crippen molar-refractivity contribution in [3.63, 3.8) is 0 Å². The molecule has 0 bridgehead atoms. The number of cyclic esters (lactones) is 1. The maximum absolute atomic E-state index is 12.2. The van der Waals surface area contributed by atoms with Gasteiger partial charge in [0.05, 0.1) is 6.61 Å². The summed E-state index contributed by atoms with van der Waals surface area (Å²) in [5.41, 5.74) is 0.158. The molecule has 112 valence electrons. The Kier molecular flexibility index (Phi) is 4.00. The number of esters is 2. The standard InChI is InChI=1S/C16H13NO5/c18-15(22-13-8-10-20-16(13)19)12-7-4-9-17-14(12)21-11-5-2-1-3-6-11/h1-7,9,13H,8,10H2/t13-/m0/s1. The number of ether oxygens (including phenoxy) is 3. The number of nitrogens with zero attached hydrogens (tertiary/aromatic N) is 1. The highest BCUT2D eigenvalue weighted by molar-refractivity contribution is 5.93. The van der Waals surface area contributed by atoms with Gasteiger partial charge in [-0.2, -0.15) is 0 Å². The number of aromatic nitrogens is 1. The van der Waals surface area contributed by atoms with E-state index in [4.69, 9.17) is 14.2 Å². The number of carbonyl (C=O) groups is 2. The summed E-state index contributed by atoms with van der Waals surface area (Å²) < 4.78 is 15.5. The molecule has 0 spiro atoms. The SMILES string of the molecule is O=C(O[C@H]1CCOC1=O)c1cccnc1Oc1ccccc1. The average molecular weight is 299 g/mol. The molecule has 0 aliphatic carbocycles. The third-order valence-corrected chi connectivity index (χ3v) is 3.09. The molecule has 1 atom stereocenters. The third kappa shape index (κ3) is 3.06. The lowest BCUT2D eigenvalue weighted by Crippen LogP contribution is -2.23. The highest BCUT2D eigenvalue weighted by atomic mass is 16.6. The van der Waals surface area contributed by atoms with Gasteiger partial charge in [-0.25, -0.2) is 14.6 Å². The first kappa shape index (κ1) is 14.1. The monoisotopic (exact) mass is 299 g/mol. The Hall–Kier alpha value is -2.89. The zero-order valence-corrected chi connectivity index (χ0v) is 11.6. The summed E-state index contributed by atoms with van der Waals surface area (Å²) in [4.78, 5) is 27.6. The molecule has 0 radical (unpaired) electrons. The van der Waals surface area contributed by atoms with Crippen molar-refractivity contribution in [1.82, 2.24) is 4.98 Å². The molecular weight excluding hydrogens is 286 g/mol. The lowest BCUT2D eigenvalue weighted by molar-refractivity contribution is -0.145. The first-order valence-electron chi connectivity index (χ1n) is 6.79. The molecule has 1 aliphatic rings. The fourth-order valence-corrected chi connectivity index (χ4v) is 2.00. The smallest absolute Gasteiger partial charge is 0.347 e. The van der Waals surface area contributed by atoms with Gasteiger partial charge in [0.15, 0.2) is 0 Å². The molecule has 2 aromatic rings. The molecule has 1 aromatic heterocycles. The Morgan fingerprint density at radius 2 is 2.00 bits per heavy atom. The number of carbonyl (C=O) groups excluding carboxylic acids is 2. The van der Waals surface area contributed by atoms with Gasteiger partial charge in [-0.15, -0.1) is 0 Å². The minimum absolute atomic E-state index is 0.130. The van der Waals surface area contributed by atoms with Crippen molar-refractivity contribution in [3.8, 4) is 11.6 Å². The van der Waals surface area contributed by atoms with Gasteiger partial charge in [0.1, 0.15) is 11.3 Å². The summed E-state index contributed by atoms with van der Waals surface area (Å²) >= 11 is 0. The van der Waals surface area contributed by atoms with Crippen molar-refractivity contribution in [2.75, 3.05) is 6.61 Å². The zero-order chi connectivity index (χ0) is 15.4. The molecule has 0 amide bonds. The molecular formula is C16H13NO5. The Balaban J connectivity index is 1.78. The van der Waals surface area contributed by atoms with Crippen molar-refractivity contribution in [1.29, 1.82) is 0 Å². The van der Waals surface area contributed by atoms with Crippen LogP contribution < -0.4 is 4.74 Å². The van der Waals surface area contributed by atoms with Gasteiger partial charge in [0.25, 0.3) is 0 Å². The van der Waals surface area contributed by atoms with E-state index in [-0.39, 0.29) is 18.1 Å². The lowest BCUT2D eigenvalue weighted by atomic mass is 10.2. The van der Waals surface area contributed by atoms with Gasteiger partial charge >= 0.3 is 11.9 Å². The minimum Gasteiger partial charge on any atom is -0.463 e. The van der Waals surface area contributed by atoms with E-state index >= 15 is 0 Å². The summed E-state index contributed by atoms with van der Waals surface area (Å²) in [7, 11) is 0. The molecule has 0 unspecified atom stereocenters. The van der Waals surface area contributed by atoms with Crippen LogP contribution in [0.4, 0.5) is 0 Å². The van der Waals surface area contributed by atoms with E-state index in [0.717, 1.165) is 0 Å². The quantitative estimate of drug-likeness (QED) is 0.807. The Morgan fingerprint density at radius 3 is 2.73 bits per heavy atom. The summed E-state index contributed by atoms with van der Waals surface area (Å²) in [6, 6.07) is 12.1. The van der Waals surface area contributed by atoms with Gasteiger partial charge in [0, 0.05) is 12.6 Å². The Labute approximate surface area is 126 Å². The Bertz CT molecular complexity index is 686. The fourth-order valence-electron chi connectivity index (χ4n) is 2.00. The van der Waals surface area contributed by atoms with Crippen molar-refractivity contribution in [2.45, 2.75) is 12.5 Å². The summed E-state index contributed by atoms with van der Waals surface area (Å²) in [5, 5.41) is 0. The first-order valence-corrected chi connectivity index (χ1v) is 6.79. The molecule has 3 rings (SSSR count). The predicted molar refractivity (Wildman–Crippen MR) is 75.5 cm³/mol. The van der Waals surface area contributed by atoms with Crippen LogP contribution in [0.2, 0.25) is 0 Å². The molecule has 1 aromatic carbocycles. The van der Waals surface area contributed by atoms with Crippen molar-refractivity contribution in [3.05, 3.63) is 54.2 Å². The fraction of sp³-hybridized carbons (Fsp3) is 0.188. The van der Waals surface area contributed by atoms with Gasteiger partial charge in [-0.3, -0.25) is 0 Å². The minimum atomic E-state index is -0.864. The van der Waals surface area contributed by atoms with E-state index in [1.807, 2.05) is 18.2 Å². The van der Waals surface area contributed by atoms with Crippen LogP contribution in [0.1, 0.15) is 16.8 Å². The van der Waals surface area contributed by atoms with E-state index in [1.165, 1.54) is 12.3 Å². The summed E-state index contributed by atoms with van der Waals surface area (Å²) in [5.74, 6) is -0.508. The van der Waals surface area contributed by atoms with Crippen LogP contribution in [-0.4, -0.2) is 29.6 Å². The van der Waals surface area contributed by atoms with Crippen LogP contribution in [-0.2, 0) is 14.3 Å². The molecule has 0 saturated carbocycles. The molecule has 6 heteroatoms. The first-order chi connectivity index (χ1) is 10.7. The van der Waals surface area contributed by atoms with E-state index < -0.39 is 18.0 Å². The maximum Gasteiger partial charge on any atom is 0.347 e. The largest absolute Gasteiger partial charge is 0.463 e. The third-order valence-electron chi connectivity index (χ3n) is 3.09. The highest BCUT2D eigenvalue weighted by Gasteiger charge is 2.31. The van der Waals surface area contributed by atoms with Crippen LogP contribution in [0.3, 0.4) is 0 Å². The molecule has 22 heavy (non-hydrogen) atoms. The molecule has 6 nitrogen and oxygen atoms in total. The number of para-hydroxylation sites is 1. The van der Waals surface area contributed by atoms with Crippen molar-refractivity contribution >= 4 is 11.9 Å². The molecule has 2 heterocycles. The van der Waals surface area contributed by atoms with Gasteiger partial charge in [-0.1, -0.05) is 18.2 Å². The second kappa shape index (κ2) is 6.26. The number of hydrogen-bond acceptors (Lipinski definition) is 6. The highest BCUT2D eigenvalue weighted by Crippen LogP contribution is 2.24. The molecule has 1 saturated heterocycles. The number of hydrogen-bond donors (Lipinski definition) is 0. The number of benzene rings is 1. The maximum atomic E-state index is 12.2.